The van der Waals surface area contributed by atoms with Gasteiger partial charge in [0.2, 0.25) is 0 Å². The fourth-order valence-corrected chi connectivity index (χ4v) is 3.22. The molecule has 1 aliphatic carbocycles. The third-order valence-corrected chi connectivity index (χ3v) is 4.54. The van der Waals surface area contributed by atoms with E-state index in [4.69, 9.17) is 15.2 Å². The van der Waals surface area contributed by atoms with Gasteiger partial charge in [-0.15, -0.1) is 12.4 Å². The number of methoxy groups -OCH3 is 2. The molecule has 0 bridgehead atoms. The summed E-state index contributed by atoms with van der Waals surface area (Å²) in [4.78, 5) is 0. The van der Waals surface area contributed by atoms with E-state index in [0.717, 1.165) is 21.5 Å². The van der Waals surface area contributed by atoms with Gasteiger partial charge in [-0.3, -0.25) is 0 Å². The van der Waals surface area contributed by atoms with Crippen molar-refractivity contribution in [2.75, 3.05) is 14.2 Å². The zero-order valence-corrected chi connectivity index (χ0v) is 13.7. The molecule has 0 heterocycles. The summed E-state index contributed by atoms with van der Waals surface area (Å²) in [5.41, 5.74) is 7.47. The van der Waals surface area contributed by atoms with Gasteiger partial charge in [-0.2, -0.15) is 0 Å². The number of hydrogen-bond acceptors (Lipinski definition) is 3. The SMILES string of the molecule is COc1cc([C@@H](N)C2CCCC2)cc(OC)c1Br.Cl. The lowest BCUT2D eigenvalue weighted by molar-refractivity contribution is 0.383. The molecule has 0 aliphatic heterocycles. The van der Waals surface area contributed by atoms with Gasteiger partial charge in [-0.05, 0) is 52.4 Å². The highest BCUT2D eigenvalue weighted by Gasteiger charge is 2.24. The van der Waals surface area contributed by atoms with Crippen LogP contribution in [-0.4, -0.2) is 14.2 Å². The summed E-state index contributed by atoms with van der Waals surface area (Å²) < 4.78 is 11.6. The molecule has 2 N–H and O–H groups in total. The Bertz CT molecular complexity index is 397. The van der Waals surface area contributed by atoms with E-state index in [0.29, 0.717) is 5.92 Å². The minimum absolute atomic E-state index is 0. The van der Waals surface area contributed by atoms with Crippen LogP contribution >= 0.6 is 28.3 Å². The van der Waals surface area contributed by atoms with Crippen molar-refractivity contribution < 1.29 is 9.47 Å². The zero-order chi connectivity index (χ0) is 13.1. The standard InChI is InChI=1S/C14H20BrNO2.ClH/c1-17-11-7-10(8-12(18-2)13(11)15)14(16)9-5-3-4-6-9;/h7-9,14H,3-6,16H2,1-2H3;1H/t14-;/m0./s1. The van der Waals surface area contributed by atoms with Crippen molar-refractivity contribution in [2.45, 2.75) is 31.7 Å². The van der Waals surface area contributed by atoms with Gasteiger partial charge >= 0.3 is 0 Å². The minimum Gasteiger partial charge on any atom is -0.495 e. The molecule has 2 rings (SSSR count). The van der Waals surface area contributed by atoms with Crippen LogP contribution in [-0.2, 0) is 0 Å². The Hall–Kier alpha value is -0.450. The van der Waals surface area contributed by atoms with Gasteiger partial charge in [-0.1, -0.05) is 12.8 Å². The molecule has 0 unspecified atom stereocenters. The number of benzene rings is 1. The lowest BCUT2D eigenvalue weighted by Gasteiger charge is -2.21. The number of hydrogen-bond donors (Lipinski definition) is 1. The molecular weight excluding hydrogens is 330 g/mol. The van der Waals surface area contributed by atoms with Crippen LogP contribution in [0.4, 0.5) is 0 Å². The Morgan fingerprint density at radius 2 is 1.63 bits per heavy atom. The molecule has 0 spiro atoms. The van der Waals surface area contributed by atoms with E-state index in [1.54, 1.807) is 14.2 Å². The third-order valence-electron chi connectivity index (χ3n) is 3.76. The zero-order valence-electron chi connectivity index (χ0n) is 11.3. The van der Waals surface area contributed by atoms with Gasteiger partial charge in [0.1, 0.15) is 16.0 Å². The summed E-state index contributed by atoms with van der Waals surface area (Å²) in [7, 11) is 3.31. The predicted octanol–water partition coefficient (Wildman–Crippen LogP) is 4.08. The Balaban J connectivity index is 0.00000180. The van der Waals surface area contributed by atoms with Gasteiger partial charge < -0.3 is 15.2 Å². The highest BCUT2D eigenvalue weighted by molar-refractivity contribution is 9.10. The van der Waals surface area contributed by atoms with Crippen molar-refractivity contribution in [3.05, 3.63) is 22.2 Å². The second-order valence-electron chi connectivity index (χ2n) is 4.81. The predicted molar refractivity (Wildman–Crippen MR) is 83.4 cm³/mol. The van der Waals surface area contributed by atoms with E-state index in [-0.39, 0.29) is 18.4 Å². The Labute approximate surface area is 129 Å². The molecule has 1 atom stereocenters. The van der Waals surface area contributed by atoms with Crippen molar-refractivity contribution in [1.29, 1.82) is 0 Å². The summed E-state index contributed by atoms with van der Waals surface area (Å²) >= 11 is 3.48. The lowest BCUT2D eigenvalue weighted by atomic mass is 9.92. The van der Waals surface area contributed by atoms with Crippen LogP contribution in [0.1, 0.15) is 37.3 Å². The summed E-state index contributed by atoms with van der Waals surface area (Å²) in [5, 5.41) is 0. The molecule has 1 aromatic rings. The van der Waals surface area contributed by atoms with Gasteiger partial charge in [0, 0.05) is 6.04 Å². The van der Waals surface area contributed by atoms with E-state index in [9.17, 15) is 0 Å². The maximum atomic E-state index is 6.37. The molecule has 1 aromatic carbocycles. The maximum Gasteiger partial charge on any atom is 0.137 e. The molecule has 1 fully saturated rings. The van der Waals surface area contributed by atoms with Crippen LogP contribution < -0.4 is 15.2 Å². The minimum atomic E-state index is 0. The van der Waals surface area contributed by atoms with E-state index < -0.39 is 0 Å². The quantitative estimate of drug-likeness (QED) is 0.890. The highest BCUT2D eigenvalue weighted by atomic mass is 79.9. The van der Waals surface area contributed by atoms with Crippen molar-refractivity contribution in [3.8, 4) is 11.5 Å². The number of rotatable bonds is 4. The topological polar surface area (TPSA) is 44.5 Å². The molecule has 108 valence electrons. The van der Waals surface area contributed by atoms with E-state index >= 15 is 0 Å². The molecule has 1 saturated carbocycles. The van der Waals surface area contributed by atoms with Crippen LogP contribution in [0.25, 0.3) is 0 Å². The van der Waals surface area contributed by atoms with E-state index in [2.05, 4.69) is 15.9 Å². The van der Waals surface area contributed by atoms with Gasteiger partial charge in [0.25, 0.3) is 0 Å². The third kappa shape index (κ3) is 3.56. The number of ether oxygens (including phenoxy) is 2. The molecule has 19 heavy (non-hydrogen) atoms. The van der Waals surface area contributed by atoms with Crippen molar-refractivity contribution in [1.82, 2.24) is 0 Å². The van der Waals surface area contributed by atoms with Crippen LogP contribution in [0.2, 0.25) is 0 Å². The van der Waals surface area contributed by atoms with Crippen LogP contribution in [0.5, 0.6) is 11.5 Å². The second kappa shape index (κ2) is 7.36. The highest BCUT2D eigenvalue weighted by Crippen LogP contribution is 2.40. The first-order valence-electron chi connectivity index (χ1n) is 6.34. The number of nitrogens with two attached hydrogens (primary N) is 1. The summed E-state index contributed by atoms with van der Waals surface area (Å²) in [6.07, 6.45) is 5.04. The summed E-state index contributed by atoms with van der Waals surface area (Å²) in [6, 6.07) is 4.09. The summed E-state index contributed by atoms with van der Waals surface area (Å²) in [6.45, 7) is 0. The van der Waals surface area contributed by atoms with Crippen molar-refractivity contribution >= 4 is 28.3 Å². The normalized spacial score (nSPS) is 16.8. The first-order chi connectivity index (χ1) is 8.67. The van der Waals surface area contributed by atoms with Gasteiger partial charge in [0.05, 0.1) is 14.2 Å². The molecule has 0 saturated heterocycles. The number of halogens is 2. The van der Waals surface area contributed by atoms with E-state index in [1.165, 1.54) is 25.7 Å². The maximum absolute atomic E-state index is 6.37. The lowest BCUT2D eigenvalue weighted by Crippen LogP contribution is -2.19. The molecule has 0 aromatic heterocycles. The molecular formula is C14H21BrClNO2. The van der Waals surface area contributed by atoms with Crippen molar-refractivity contribution in [3.63, 3.8) is 0 Å². The van der Waals surface area contributed by atoms with Crippen LogP contribution in [0.15, 0.2) is 16.6 Å². The molecule has 5 heteroatoms. The molecule has 0 radical (unpaired) electrons. The first kappa shape index (κ1) is 16.6. The van der Waals surface area contributed by atoms with Crippen molar-refractivity contribution in [2.24, 2.45) is 11.7 Å². The monoisotopic (exact) mass is 349 g/mol. The molecule has 1 aliphatic rings. The Morgan fingerprint density at radius 3 is 2.05 bits per heavy atom. The van der Waals surface area contributed by atoms with Crippen LogP contribution in [0, 0.1) is 5.92 Å². The smallest absolute Gasteiger partial charge is 0.137 e. The average Bonchev–Trinajstić information content (AvgIpc) is 2.92. The fraction of sp³-hybridized carbons (Fsp3) is 0.571. The average molecular weight is 351 g/mol. The molecule has 0 amide bonds. The Morgan fingerprint density at radius 1 is 1.16 bits per heavy atom. The summed E-state index contributed by atoms with van der Waals surface area (Å²) in [5.74, 6) is 2.14. The fourth-order valence-electron chi connectivity index (χ4n) is 2.67. The second-order valence-corrected chi connectivity index (χ2v) is 5.60. The van der Waals surface area contributed by atoms with Gasteiger partial charge in [0.15, 0.2) is 0 Å². The Kier molecular flexibility index (Phi) is 6.43. The van der Waals surface area contributed by atoms with Gasteiger partial charge in [-0.25, -0.2) is 0 Å². The largest absolute Gasteiger partial charge is 0.495 e. The first-order valence-corrected chi connectivity index (χ1v) is 7.13. The molecule has 3 nitrogen and oxygen atoms in total. The van der Waals surface area contributed by atoms with E-state index in [1.807, 2.05) is 12.1 Å². The van der Waals surface area contributed by atoms with Crippen LogP contribution in [0.3, 0.4) is 0 Å².